The Kier molecular flexibility index (Phi) is 6.02. The van der Waals surface area contributed by atoms with Crippen molar-refractivity contribution in [1.29, 1.82) is 0 Å². The Balaban J connectivity index is 2.00. The van der Waals surface area contributed by atoms with Crippen molar-refractivity contribution in [3.8, 4) is 0 Å². The Morgan fingerprint density at radius 3 is 2.67 bits per heavy atom. The van der Waals surface area contributed by atoms with Gasteiger partial charge >= 0.3 is 5.97 Å². The lowest BCUT2D eigenvalue weighted by molar-refractivity contribution is -0.151. The van der Waals surface area contributed by atoms with Gasteiger partial charge in [0.2, 0.25) is 0 Å². The Morgan fingerprint density at radius 1 is 1.33 bits per heavy atom. The second kappa shape index (κ2) is 7.56. The summed E-state index contributed by atoms with van der Waals surface area (Å²) in [5, 5.41) is 3.58. The van der Waals surface area contributed by atoms with Crippen LogP contribution in [-0.2, 0) is 14.3 Å². The Hall–Kier alpha value is -0.650. The van der Waals surface area contributed by atoms with Gasteiger partial charge < -0.3 is 9.47 Å². The molecular weight excluding hydrogens is 268 g/mol. The zero-order valence-corrected chi connectivity index (χ0v) is 13.7. The number of rotatable bonds is 9. The standard InChI is InChI=1S/C16H30N2O3/c1-4-18(10-11-20-3)14-8-9-16(12-14,15(19)21-5-2)17-13-6-7-13/h13-14,17H,4-12H2,1-3H3. The Labute approximate surface area is 128 Å². The van der Waals surface area contributed by atoms with Gasteiger partial charge in [-0.15, -0.1) is 0 Å². The molecule has 0 heterocycles. The second-order valence-electron chi connectivity index (χ2n) is 6.24. The van der Waals surface area contributed by atoms with Crippen molar-refractivity contribution in [2.24, 2.45) is 0 Å². The minimum atomic E-state index is -0.456. The fourth-order valence-electron chi connectivity index (χ4n) is 3.40. The molecule has 0 aliphatic heterocycles. The number of nitrogens with zero attached hydrogens (tertiary/aromatic N) is 1. The lowest BCUT2D eigenvalue weighted by atomic mass is 9.96. The lowest BCUT2D eigenvalue weighted by Gasteiger charge is -2.31. The van der Waals surface area contributed by atoms with E-state index in [4.69, 9.17) is 9.47 Å². The molecule has 0 aromatic carbocycles. The van der Waals surface area contributed by atoms with Crippen LogP contribution < -0.4 is 5.32 Å². The number of esters is 1. The Morgan fingerprint density at radius 2 is 2.10 bits per heavy atom. The van der Waals surface area contributed by atoms with Crippen molar-refractivity contribution in [3.05, 3.63) is 0 Å². The maximum absolute atomic E-state index is 12.5. The maximum atomic E-state index is 12.5. The van der Waals surface area contributed by atoms with Crippen LogP contribution in [0.5, 0.6) is 0 Å². The van der Waals surface area contributed by atoms with Crippen LogP contribution in [0.4, 0.5) is 0 Å². The molecule has 0 saturated heterocycles. The number of methoxy groups -OCH3 is 1. The summed E-state index contributed by atoms with van der Waals surface area (Å²) in [4.78, 5) is 14.9. The lowest BCUT2D eigenvalue weighted by Crippen LogP contribution is -2.53. The molecule has 21 heavy (non-hydrogen) atoms. The van der Waals surface area contributed by atoms with E-state index in [1.807, 2.05) is 6.92 Å². The van der Waals surface area contributed by atoms with E-state index < -0.39 is 5.54 Å². The van der Waals surface area contributed by atoms with Gasteiger partial charge in [-0.25, -0.2) is 0 Å². The summed E-state index contributed by atoms with van der Waals surface area (Å²) < 4.78 is 10.6. The first kappa shape index (κ1) is 16.7. The van der Waals surface area contributed by atoms with E-state index in [-0.39, 0.29) is 5.97 Å². The average Bonchev–Trinajstić information content (AvgIpc) is 3.18. The van der Waals surface area contributed by atoms with Gasteiger partial charge in [0.05, 0.1) is 13.2 Å². The molecule has 0 bridgehead atoms. The van der Waals surface area contributed by atoms with Crippen LogP contribution >= 0.6 is 0 Å². The summed E-state index contributed by atoms with van der Waals surface area (Å²) in [6.07, 6.45) is 5.17. The number of likely N-dealkylation sites (N-methyl/N-ethyl adjacent to an activating group) is 1. The number of hydrogen-bond donors (Lipinski definition) is 1. The van der Waals surface area contributed by atoms with Crippen molar-refractivity contribution in [2.45, 2.75) is 63.6 Å². The van der Waals surface area contributed by atoms with E-state index in [2.05, 4.69) is 17.1 Å². The van der Waals surface area contributed by atoms with Crippen LogP contribution in [0.25, 0.3) is 0 Å². The molecule has 5 heteroatoms. The third-order valence-corrected chi connectivity index (χ3v) is 4.72. The van der Waals surface area contributed by atoms with E-state index in [9.17, 15) is 4.79 Å². The number of carbonyl (C=O) groups is 1. The zero-order valence-electron chi connectivity index (χ0n) is 13.7. The third-order valence-electron chi connectivity index (χ3n) is 4.72. The van der Waals surface area contributed by atoms with Gasteiger partial charge in [-0.1, -0.05) is 6.92 Å². The molecule has 2 rings (SSSR count). The van der Waals surface area contributed by atoms with Crippen LogP contribution in [0.1, 0.15) is 46.0 Å². The van der Waals surface area contributed by atoms with Crippen LogP contribution in [0.3, 0.4) is 0 Å². The summed E-state index contributed by atoms with van der Waals surface area (Å²) in [6, 6.07) is 0.961. The highest BCUT2D eigenvalue weighted by Gasteiger charge is 2.49. The van der Waals surface area contributed by atoms with Crippen LogP contribution in [-0.4, -0.2) is 61.9 Å². The SMILES string of the molecule is CCOC(=O)C1(NC2CC2)CCC(N(CC)CCOC)C1. The van der Waals surface area contributed by atoms with E-state index in [1.54, 1.807) is 7.11 Å². The van der Waals surface area contributed by atoms with Crippen molar-refractivity contribution in [1.82, 2.24) is 10.2 Å². The van der Waals surface area contributed by atoms with E-state index in [0.29, 0.717) is 18.7 Å². The van der Waals surface area contributed by atoms with E-state index >= 15 is 0 Å². The normalized spacial score (nSPS) is 29.0. The summed E-state index contributed by atoms with van der Waals surface area (Å²) in [6.45, 7) is 7.18. The summed E-state index contributed by atoms with van der Waals surface area (Å²) in [5.41, 5.74) is -0.456. The highest BCUT2D eigenvalue weighted by molar-refractivity contribution is 5.81. The molecule has 0 amide bonds. The van der Waals surface area contributed by atoms with Gasteiger partial charge in [-0.05, 0) is 45.6 Å². The fraction of sp³-hybridized carbons (Fsp3) is 0.938. The number of nitrogens with one attached hydrogen (secondary N) is 1. The maximum Gasteiger partial charge on any atom is 0.326 e. The molecule has 5 nitrogen and oxygen atoms in total. The Bertz CT molecular complexity index is 346. The molecule has 2 unspecified atom stereocenters. The van der Waals surface area contributed by atoms with Gasteiger partial charge in [0.15, 0.2) is 0 Å². The number of ether oxygens (including phenoxy) is 2. The van der Waals surface area contributed by atoms with Gasteiger partial charge in [-0.2, -0.15) is 0 Å². The first-order valence-electron chi connectivity index (χ1n) is 8.33. The van der Waals surface area contributed by atoms with Crippen molar-refractivity contribution in [2.75, 3.05) is 33.4 Å². The minimum absolute atomic E-state index is 0.0535. The first-order valence-corrected chi connectivity index (χ1v) is 8.33. The first-order chi connectivity index (χ1) is 10.1. The second-order valence-corrected chi connectivity index (χ2v) is 6.24. The zero-order chi connectivity index (χ0) is 15.3. The molecule has 2 aliphatic carbocycles. The van der Waals surface area contributed by atoms with Crippen molar-refractivity contribution >= 4 is 5.97 Å². The molecule has 2 atom stereocenters. The molecule has 0 aromatic heterocycles. The molecule has 122 valence electrons. The highest BCUT2D eigenvalue weighted by Crippen LogP contribution is 2.37. The van der Waals surface area contributed by atoms with E-state index in [1.165, 1.54) is 12.8 Å². The summed E-state index contributed by atoms with van der Waals surface area (Å²) >= 11 is 0. The van der Waals surface area contributed by atoms with Gasteiger partial charge in [0.1, 0.15) is 5.54 Å². The smallest absolute Gasteiger partial charge is 0.326 e. The predicted molar refractivity (Wildman–Crippen MR) is 82.3 cm³/mol. The molecule has 1 N–H and O–H groups in total. The van der Waals surface area contributed by atoms with Crippen LogP contribution in [0.2, 0.25) is 0 Å². The number of hydrogen-bond acceptors (Lipinski definition) is 5. The quantitative estimate of drug-likeness (QED) is 0.655. The molecule has 0 aromatic rings. The molecule has 0 spiro atoms. The topological polar surface area (TPSA) is 50.8 Å². The highest BCUT2D eigenvalue weighted by atomic mass is 16.5. The molecular formula is C16H30N2O3. The van der Waals surface area contributed by atoms with Gasteiger partial charge in [-0.3, -0.25) is 15.0 Å². The van der Waals surface area contributed by atoms with E-state index in [0.717, 1.165) is 39.0 Å². The monoisotopic (exact) mass is 298 g/mol. The number of carbonyl (C=O) groups excluding carboxylic acids is 1. The average molecular weight is 298 g/mol. The largest absolute Gasteiger partial charge is 0.465 e. The van der Waals surface area contributed by atoms with Gasteiger partial charge in [0, 0.05) is 25.7 Å². The van der Waals surface area contributed by atoms with Crippen molar-refractivity contribution in [3.63, 3.8) is 0 Å². The van der Waals surface area contributed by atoms with Crippen LogP contribution in [0, 0.1) is 0 Å². The summed E-state index contributed by atoms with van der Waals surface area (Å²) in [7, 11) is 1.74. The third kappa shape index (κ3) is 4.18. The van der Waals surface area contributed by atoms with Crippen molar-refractivity contribution < 1.29 is 14.3 Å². The predicted octanol–water partition coefficient (Wildman–Crippen LogP) is 1.56. The molecule has 2 aliphatic rings. The molecule has 2 fully saturated rings. The molecule has 2 saturated carbocycles. The fourth-order valence-corrected chi connectivity index (χ4v) is 3.40. The molecule has 0 radical (unpaired) electrons. The minimum Gasteiger partial charge on any atom is -0.465 e. The van der Waals surface area contributed by atoms with Crippen LogP contribution in [0.15, 0.2) is 0 Å². The summed E-state index contributed by atoms with van der Waals surface area (Å²) in [5.74, 6) is -0.0535. The van der Waals surface area contributed by atoms with Gasteiger partial charge in [0.25, 0.3) is 0 Å².